The minimum absolute atomic E-state index is 0.00987. The zero-order valence-corrected chi connectivity index (χ0v) is 26.5. The lowest BCUT2D eigenvalue weighted by Crippen LogP contribution is -2.39. The number of hydrogen-bond donors (Lipinski definition) is 4. The number of imide groups is 1. The van der Waals surface area contributed by atoms with Gasteiger partial charge in [0.2, 0.25) is 35.9 Å². The second-order valence-corrected chi connectivity index (χ2v) is 11.6. The third-order valence-electron chi connectivity index (χ3n) is 4.95. The molecule has 6 amide bonds. The topological polar surface area (TPSA) is 171 Å². The van der Waals surface area contributed by atoms with E-state index in [1.54, 1.807) is 18.7 Å². The summed E-state index contributed by atoms with van der Waals surface area (Å²) in [6, 6.07) is 0. The summed E-state index contributed by atoms with van der Waals surface area (Å²) in [5.41, 5.74) is -0.257. The molecule has 0 aromatic heterocycles. The van der Waals surface area contributed by atoms with Crippen LogP contribution in [0.4, 0.5) is 0 Å². The maximum absolute atomic E-state index is 12.1. The van der Waals surface area contributed by atoms with Crippen molar-refractivity contribution in [3.05, 3.63) is 0 Å². The van der Waals surface area contributed by atoms with Gasteiger partial charge in [0.25, 0.3) is 0 Å². The molecule has 1 aliphatic heterocycles. The Bertz CT molecular complexity index is 834. The van der Waals surface area contributed by atoms with Crippen molar-refractivity contribution in [1.82, 2.24) is 26.2 Å². The van der Waals surface area contributed by atoms with Crippen molar-refractivity contribution in [2.75, 3.05) is 37.8 Å². The van der Waals surface area contributed by atoms with Gasteiger partial charge in [-0.05, 0) is 37.2 Å². The third-order valence-corrected chi connectivity index (χ3v) is 7.12. The Morgan fingerprint density at radius 3 is 2.22 bits per heavy atom. The summed E-state index contributed by atoms with van der Waals surface area (Å²) in [6.07, 6.45) is 3.94. The van der Waals surface area contributed by atoms with Crippen LogP contribution < -0.4 is 21.3 Å². The Kier molecular flexibility index (Phi) is 26.1. The van der Waals surface area contributed by atoms with Crippen LogP contribution in [0.5, 0.6) is 0 Å². The fourth-order valence-corrected chi connectivity index (χ4v) is 5.10. The molecule has 0 aliphatic carbocycles. The minimum atomic E-state index is -0.355. The van der Waals surface area contributed by atoms with Gasteiger partial charge in [-0.1, -0.05) is 34.1 Å². The molecule has 4 N–H and O–H groups in total. The predicted molar refractivity (Wildman–Crippen MR) is 164 cm³/mol. The van der Waals surface area contributed by atoms with Crippen LogP contribution >= 0.6 is 23.5 Å². The van der Waals surface area contributed by atoms with E-state index in [1.807, 2.05) is 27.7 Å². The van der Waals surface area contributed by atoms with E-state index in [0.29, 0.717) is 25.3 Å². The van der Waals surface area contributed by atoms with Crippen molar-refractivity contribution in [2.45, 2.75) is 83.6 Å². The first kappa shape index (κ1) is 40.6. The first-order valence-electron chi connectivity index (χ1n) is 13.8. The molecule has 1 unspecified atom stereocenters. The molecule has 1 atom stereocenters. The van der Waals surface area contributed by atoms with Crippen molar-refractivity contribution in [3.8, 4) is 0 Å². The number of carbonyl (C=O) groups excluding carboxylic acids is 7. The number of carbonyl (C=O) groups is 7. The minimum Gasteiger partial charge on any atom is -0.355 e. The molecule has 1 rings (SSSR count). The number of unbranched alkanes of at least 4 members (excludes halogenated alkanes) is 2. The number of nitrogens with one attached hydrogen (secondary N) is 4. The normalized spacial score (nSPS) is 13.8. The lowest BCUT2D eigenvalue weighted by molar-refractivity contribution is -0.139. The van der Waals surface area contributed by atoms with E-state index < -0.39 is 0 Å². The van der Waals surface area contributed by atoms with Gasteiger partial charge in [0, 0.05) is 25.9 Å². The van der Waals surface area contributed by atoms with Crippen molar-refractivity contribution in [2.24, 2.45) is 0 Å². The average Bonchev–Trinajstić information content (AvgIpc) is 3.18. The van der Waals surface area contributed by atoms with Crippen LogP contribution in [-0.2, 0) is 33.6 Å². The number of likely N-dealkylation sites (tertiary alicyclic amines) is 1. The number of nitrogens with zero attached hydrogens (tertiary/aromatic N) is 1. The number of thioether (sulfide) groups is 2. The van der Waals surface area contributed by atoms with Crippen LogP contribution in [0.1, 0.15) is 73.1 Å². The molecule has 12 nitrogen and oxygen atoms in total. The first-order chi connectivity index (χ1) is 19.5. The summed E-state index contributed by atoms with van der Waals surface area (Å²) in [7, 11) is 5.01. The SMILES string of the molecule is CC.CCNC(=O)CNC(=O)CCN1C(=O)CC(SC(C)C)C1=O.[B]C(=O)CCCCCSCNC(=O)CNC=O. The Morgan fingerprint density at radius 1 is 0.976 bits per heavy atom. The van der Waals surface area contributed by atoms with Gasteiger partial charge in [-0.2, -0.15) is 0 Å². The molecular formula is C26H46BN5O7S2. The quantitative estimate of drug-likeness (QED) is 0.0538. The fourth-order valence-electron chi connectivity index (χ4n) is 3.14. The molecule has 1 fully saturated rings. The van der Waals surface area contributed by atoms with Gasteiger partial charge in [-0.15, -0.1) is 23.5 Å². The largest absolute Gasteiger partial charge is 0.355 e. The highest BCUT2D eigenvalue weighted by atomic mass is 32.2. The Balaban J connectivity index is 0. The fraction of sp³-hybridized carbons (Fsp3) is 0.731. The highest BCUT2D eigenvalue weighted by molar-refractivity contribution is 8.01. The Hall–Kier alpha value is -2.55. The number of hydrogen-bond acceptors (Lipinski definition) is 9. The van der Waals surface area contributed by atoms with Gasteiger partial charge < -0.3 is 26.1 Å². The molecule has 1 saturated heterocycles. The number of rotatable bonds is 19. The van der Waals surface area contributed by atoms with Crippen LogP contribution in [0, 0.1) is 0 Å². The molecule has 1 heterocycles. The predicted octanol–water partition coefficient (Wildman–Crippen LogP) is 0.719. The lowest BCUT2D eigenvalue weighted by Gasteiger charge is -2.15. The number of likely N-dealkylation sites (N-methyl/N-ethyl adjacent to an activating group) is 1. The summed E-state index contributed by atoms with van der Waals surface area (Å²) in [5, 5.41) is 9.88. The van der Waals surface area contributed by atoms with Gasteiger partial charge in [0.1, 0.15) is 0 Å². The molecule has 0 bridgehead atoms. The average molecular weight is 616 g/mol. The summed E-state index contributed by atoms with van der Waals surface area (Å²) in [5.74, 6) is 0.192. The van der Waals surface area contributed by atoms with Crippen molar-refractivity contribution in [3.63, 3.8) is 0 Å². The molecule has 232 valence electrons. The van der Waals surface area contributed by atoms with E-state index in [-0.39, 0.29) is 78.2 Å². The van der Waals surface area contributed by atoms with Crippen molar-refractivity contribution in [1.29, 1.82) is 0 Å². The Morgan fingerprint density at radius 2 is 1.63 bits per heavy atom. The van der Waals surface area contributed by atoms with Crippen LogP contribution in [-0.4, -0.2) is 103 Å². The van der Waals surface area contributed by atoms with Crippen LogP contribution in [0.15, 0.2) is 0 Å². The van der Waals surface area contributed by atoms with E-state index in [0.717, 1.165) is 29.9 Å². The maximum Gasteiger partial charge on any atom is 0.242 e. The van der Waals surface area contributed by atoms with Crippen LogP contribution in [0.3, 0.4) is 0 Å². The van der Waals surface area contributed by atoms with Crippen molar-refractivity contribution >= 4 is 73.0 Å². The Labute approximate surface area is 253 Å². The lowest BCUT2D eigenvalue weighted by atomic mass is 9.97. The molecule has 0 spiro atoms. The second-order valence-electron chi connectivity index (χ2n) is 8.67. The molecule has 0 aromatic carbocycles. The molecule has 1 aliphatic rings. The van der Waals surface area contributed by atoms with Gasteiger partial charge >= 0.3 is 0 Å². The van der Waals surface area contributed by atoms with Gasteiger partial charge in [-0.25, -0.2) is 0 Å². The summed E-state index contributed by atoms with van der Waals surface area (Å²) < 4.78 is 0. The van der Waals surface area contributed by atoms with E-state index in [4.69, 9.17) is 7.85 Å². The molecule has 0 aromatic rings. The summed E-state index contributed by atoms with van der Waals surface area (Å²) in [4.78, 5) is 79.3. The summed E-state index contributed by atoms with van der Waals surface area (Å²) >= 11 is 3.08. The van der Waals surface area contributed by atoms with Crippen LogP contribution in [0.2, 0.25) is 0 Å². The molecule has 15 heteroatoms. The molecule has 41 heavy (non-hydrogen) atoms. The first-order valence-corrected chi connectivity index (χ1v) is 15.9. The van der Waals surface area contributed by atoms with Gasteiger partial charge in [-0.3, -0.25) is 33.7 Å². The molecular weight excluding hydrogens is 569 g/mol. The monoisotopic (exact) mass is 615 g/mol. The van der Waals surface area contributed by atoms with Gasteiger partial charge in [0.05, 0.1) is 29.9 Å². The molecule has 2 radical (unpaired) electrons. The highest BCUT2D eigenvalue weighted by Gasteiger charge is 2.39. The van der Waals surface area contributed by atoms with E-state index in [1.165, 1.54) is 11.8 Å². The van der Waals surface area contributed by atoms with E-state index in [2.05, 4.69) is 21.3 Å². The van der Waals surface area contributed by atoms with Crippen molar-refractivity contribution < 1.29 is 33.6 Å². The second kappa shape index (κ2) is 26.4. The zero-order valence-electron chi connectivity index (χ0n) is 24.9. The highest BCUT2D eigenvalue weighted by Crippen LogP contribution is 2.28. The smallest absolute Gasteiger partial charge is 0.242 e. The van der Waals surface area contributed by atoms with E-state index >= 15 is 0 Å². The van der Waals surface area contributed by atoms with Gasteiger partial charge in [0.15, 0.2) is 7.85 Å². The zero-order chi connectivity index (χ0) is 31.6. The number of amides is 6. The molecule has 0 saturated carbocycles. The third kappa shape index (κ3) is 22.8. The maximum atomic E-state index is 12.1. The van der Waals surface area contributed by atoms with E-state index in [9.17, 15) is 33.6 Å². The summed E-state index contributed by atoms with van der Waals surface area (Å²) in [6.45, 7) is 10.2. The van der Waals surface area contributed by atoms with Crippen LogP contribution in [0.25, 0.3) is 0 Å². The standard InChI is InChI=1S/C14H23N3O4S.C10H17BN2O3S.C2H6/c1-4-15-12(19)8-16-11(18)5-6-17-13(20)7-10(14(17)21)22-9(2)3;11-9(15)4-2-1-3-5-17-8-13-10(16)6-12-7-14;1-2/h9-10H,4-8H2,1-3H3,(H,15,19)(H,16,18);7H,1-6,8H2,(H,12,14)(H,13,16);1-2H3.